The van der Waals surface area contributed by atoms with Crippen LogP contribution in [0, 0.1) is 0 Å². The summed E-state index contributed by atoms with van der Waals surface area (Å²) >= 11 is 0. The maximum absolute atomic E-state index is 12.7. The van der Waals surface area contributed by atoms with Gasteiger partial charge in [0.2, 0.25) is 5.91 Å². The summed E-state index contributed by atoms with van der Waals surface area (Å²) in [6, 6.07) is -0.906. The molecule has 0 aromatic heterocycles. The minimum absolute atomic E-state index is 0.0568. The fraction of sp³-hybridized carbons (Fsp3) is 0.923. The average molecular weight is 719 g/mol. The first-order chi connectivity index (χ1) is 23.8. The molecule has 0 bridgehead atoms. The Hall–Kier alpha value is -0.800. The number of phosphoric ester groups is 1. The van der Waals surface area contributed by atoms with Crippen molar-refractivity contribution in [1.82, 2.24) is 5.32 Å². The molecule has 4 atom stereocenters. The summed E-state index contributed by atoms with van der Waals surface area (Å²) in [6.45, 7) is 3.97. The van der Waals surface area contributed by atoms with Crippen molar-refractivity contribution in [2.24, 2.45) is 5.73 Å². The van der Waals surface area contributed by atoms with Crippen molar-refractivity contribution in [3.05, 3.63) is 12.2 Å². The molecule has 10 heteroatoms. The summed E-state index contributed by atoms with van der Waals surface area (Å²) in [7, 11) is -4.37. The van der Waals surface area contributed by atoms with Gasteiger partial charge in [0.05, 0.1) is 37.9 Å². The lowest BCUT2D eigenvalue weighted by atomic mass is 10.0. The van der Waals surface area contributed by atoms with Gasteiger partial charge in [-0.3, -0.25) is 13.8 Å². The van der Waals surface area contributed by atoms with Crippen molar-refractivity contribution >= 4 is 13.7 Å². The molecule has 0 aliphatic rings. The number of aliphatic hydroxyl groups excluding tert-OH is 2. The van der Waals surface area contributed by atoms with Gasteiger partial charge < -0.3 is 26.2 Å². The van der Waals surface area contributed by atoms with E-state index in [0.717, 1.165) is 32.1 Å². The molecule has 6 N–H and O–H groups in total. The minimum Gasteiger partial charge on any atom is -0.392 e. The van der Waals surface area contributed by atoms with E-state index in [9.17, 15) is 24.5 Å². The number of unbranched alkanes of at least 4 members (excludes halogenated alkanes) is 23. The highest BCUT2D eigenvalue weighted by Crippen LogP contribution is 2.43. The van der Waals surface area contributed by atoms with E-state index in [0.29, 0.717) is 12.8 Å². The van der Waals surface area contributed by atoms with E-state index in [1.54, 1.807) is 0 Å². The Kier molecular flexibility index (Phi) is 35.0. The molecule has 0 spiro atoms. The topological polar surface area (TPSA) is 151 Å². The molecular formula is C39H79N2O7P. The number of amides is 1. The summed E-state index contributed by atoms with van der Waals surface area (Å²) in [5, 5.41) is 23.9. The zero-order valence-electron chi connectivity index (χ0n) is 31.8. The second-order valence-corrected chi connectivity index (χ2v) is 15.5. The lowest BCUT2D eigenvalue weighted by molar-refractivity contribution is -0.125. The van der Waals surface area contributed by atoms with E-state index in [-0.39, 0.29) is 19.6 Å². The molecule has 0 saturated carbocycles. The van der Waals surface area contributed by atoms with Gasteiger partial charge in [0.15, 0.2) is 0 Å². The van der Waals surface area contributed by atoms with Gasteiger partial charge in [-0.2, -0.15) is 0 Å². The fourth-order valence-corrected chi connectivity index (χ4v) is 6.82. The molecule has 0 aromatic rings. The van der Waals surface area contributed by atoms with Gasteiger partial charge in [-0.25, -0.2) is 4.57 Å². The zero-order valence-corrected chi connectivity index (χ0v) is 32.7. The highest BCUT2D eigenvalue weighted by Gasteiger charge is 2.28. The summed E-state index contributed by atoms with van der Waals surface area (Å²) in [4.78, 5) is 22.6. The van der Waals surface area contributed by atoms with E-state index in [1.807, 2.05) is 12.2 Å². The van der Waals surface area contributed by atoms with E-state index in [2.05, 4.69) is 19.2 Å². The molecule has 0 saturated heterocycles. The molecule has 0 rings (SSSR count). The normalized spacial score (nSPS) is 15.0. The van der Waals surface area contributed by atoms with Gasteiger partial charge in [-0.05, 0) is 25.7 Å². The molecule has 0 aliphatic carbocycles. The van der Waals surface area contributed by atoms with E-state index >= 15 is 0 Å². The second-order valence-electron chi connectivity index (χ2n) is 14.0. The standard InChI is InChI=1S/C39H79N2O7P/c1-3-5-7-9-11-12-13-14-15-16-17-18-19-20-21-22-23-25-27-29-31-38(43)37(35-48-49(45,46)47-33-32-40)41-39(44)34-36(42)30-28-26-24-10-8-6-4-2/h26,28,36-38,42-43H,3-25,27,29-35,40H2,1-2H3,(H,41,44)(H,45,46)/b28-26-. The summed E-state index contributed by atoms with van der Waals surface area (Å²) < 4.78 is 22.0. The molecular weight excluding hydrogens is 639 g/mol. The van der Waals surface area contributed by atoms with Crippen molar-refractivity contribution in [1.29, 1.82) is 0 Å². The number of nitrogens with two attached hydrogens (primary N) is 1. The third-order valence-electron chi connectivity index (χ3n) is 9.17. The van der Waals surface area contributed by atoms with Crippen LogP contribution in [0.25, 0.3) is 0 Å². The number of nitrogens with one attached hydrogen (secondary N) is 1. The predicted octanol–water partition coefficient (Wildman–Crippen LogP) is 9.80. The van der Waals surface area contributed by atoms with Gasteiger partial charge in [0.25, 0.3) is 0 Å². The van der Waals surface area contributed by atoms with Gasteiger partial charge in [0.1, 0.15) is 0 Å². The van der Waals surface area contributed by atoms with Crippen LogP contribution in [0.1, 0.15) is 194 Å². The van der Waals surface area contributed by atoms with E-state index in [4.69, 9.17) is 14.8 Å². The number of hydrogen-bond acceptors (Lipinski definition) is 7. The van der Waals surface area contributed by atoms with Crippen molar-refractivity contribution in [2.45, 2.75) is 212 Å². The van der Waals surface area contributed by atoms with Gasteiger partial charge in [0, 0.05) is 6.54 Å². The highest BCUT2D eigenvalue weighted by atomic mass is 31.2. The van der Waals surface area contributed by atoms with E-state index in [1.165, 1.54) is 128 Å². The molecule has 4 unspecified atom stereocenters. The van der Waals surface area contributed by atoms with Gasteiger partial charge >= 0.3 is 7.82 Å². The Morgan fingerprint density at radius 3 is 1.61 bits per heavy atom. The Bertz CT molecular complexity index is 801. The van der Waals surface area contributed by atoms with Crippen molar-refractivity contribution in [2.75, 3.05) is 19.8 Å². The fourth-order valence-electron chi connectivity index (χ4n) is 6.06. The quantitative estimate of drug-likeness (QED) is 0.0240. The average Bonchev–Trinajstić information content (AvgIpc) is 3.07. The molecule has 0 aliphatic heterocycles. The molecule has 292 valence electrons. The first-order valence-corrected chi connectivity index (χ1v) is 21.9. The number of carbonyl (C=O) groups excluding carboxylic acids is 1. The largest absolute Gasteiger partial charge is 0.472 e. The molecule has 1 amide bonds. The van der Waals surface area contributed by atoms with Crippen LogP contribution in [0.2, 0.25) is 0 Å². The van der Waals surface area contributed by atoms with Gasteiger partial charge in [-0.15, -0.1) is 0 Å². The Balaban J connectivity index is 4.20. The first-order valence-electron chi connectivity index (χ1n) is 20.4. The molecule has 9 nitrogen and oxygen atoms in total. The molecule has 49 heavy (non-hydrogen) atoms. The van der Waals surface area contributed by atoms with Crippen LogP contribution in [0.5, 0.6) is 0 Å². The van der Waals surface area contributed by atoms with Crippen LogP contribution < -0.4 is 11.1 Å². The smallest absolute Gasteiger partial charge is 0.392 e. The lowest BCUT2D eigenvalue weighted by Crippen LogP contribution is -2.47. The van der Waals surface area contributed by atoms with E-state index < -0.39 is 38.6 Å². The maximum atomic E-state index is 12.7. The maximum Gasteiger partial charge on any atom is 0.472 e. The minimum atomic E-state index is -4.37. The molecule has 0 aromatic carbocycles. The van der Waals surface area contributed by atoms with Crippen LogP contribution in [-0.4, -0.2) is 59.0 Å². The van der Waals surface area contributed by atoms with Crippen molar-refractivity contribution in [3.8, 4) is 0 Å². The monoisotopic (exact) mass is 719 g/mol. The number of rotatable bonds is 38. The summed E-state index contributed by atoms with van der Waals surface area (Å²) in [6.07, 6.45) is 34.4. The lowest BCUT2D eigenvalue weighted by Gasteiger charge is -2.25. The molecule has 0 heterocycles. The predicted molar refractivity (Wildman–Crippen MR) is 204 cm³/mol. The highest BCUT2D eigenvalue weighted by molar-refractivity contribution is 7.47. The number of allylic oxidation sites excluding steroid dienone is 1. The SMILES string of the molecule is CCCCCC/C=C\CC(O)CC(=O)NC(COP(=O)(O)OCCN)C(O)CCCCCCCCCCCCCCCCCCCCCC. The van der Waals surface area contributed by atoms with Crippen LogP contribution in [0.15, 0.2) is 12.2 Å². The van der Waals surface area contributed by atoms with Crippen molar-refractivity contribution < 1.29 is 33.5 Å². The molecule has 0 radical (unpaired) electrons. The van der Waals surface area contributed by atoms with Gasteiger partial charge in [-0.1, -0.05) is 174 Å². The Labute approximate surface area is 301 Å². The number of hydrogen-bond donors (Lipinski definition) is 5. The number of phosphoric acid groups is 1. The Morgan fingerprint density at radius 2 is 1.14 bits per heavy atom. The number of aliphatic hydroxyl groups is 2. The summed E-state index contributed by atoms with van der Waals surface area (Å²) in [5.74, 6) is -0.448. The van der Waals surface area contributed by atoms with Crippen LogP contribution >= 0.6 is 7.82 Å². The third kappa shape index (κ3) is 34.1. The second kappa shape index (κ2) is 35.6. The molecule has 0 fully saturated rings. The Morgan fingerprint density at radius 1 is 0.694 bits per heavy atom. The van der Waals surface area contributed by atoms with Crippen LogP contribution in [0.3, 0.4) is 0 Å². The van der Waals surface area contributed by atoms with Crippen LogP contribution in [-0.2, 0) is 18.4 Å². The first kappa shape index (κ1) is 48.2. The summed E-state index contributed by atoms with van der Waals surface area (Å²) in [5.41, 5.74) is 5.35. The zero-order chi connectivity index (χ0) is 36.3. The number of carbonyl (C=O) groups is 1. The van der Waals surface area contributed by atoms with Crippen LogP contribution in [0.4, 0.5) is 0 Å². The van der Waals surface area contributed by atoms with Crippen molar-refractivity contribution in [3.63, 3.8) is 0 Å². The third-order valence-corrected chi connectivity index (χ3v) is 10.2.